The topological polar surface area (TPSA) is 178 Å². The Morgan fingerprint density at radius 1 is 0.912 bits per heavy atom. The van der Waals surface area contributed by atoms with Crippen LogP contribution in [0.4, 0.5) is 4.79 Å². The number of ether oxygens (including phenoxy) is 1. The Hall–Kier alpha value is -2.85. The minimum absolute atomic E-state index is 0.0395. The molecule has 0 fully saturated rings. The number of nitrogens with zero attached hydrogens (tertiary/aromatic N) is 1. The Bertz CT molecular complexity index is 698. The van der Waals surface area contributed by atoms with E-state index in [9.17, 15) is 19.2 Å². The van der Waals surface area contributed by atoms with Gasteiger partial charge in [-0.2, -0.15) is 0 Å². The van der Waals surface area contributed by atoms with Crippen molar-refractivity contribution in [2.24, 2.45) is 28.3 Å². The minimum Gasteiger partial charge on any atom is -0.444 e. The zero-order chi connectivity index (χ0) is 26.5. The van der Waals surface area contributed by atoms with Gasteiger partial charge in [0.2, 0.25) is 11.8 Å². The fraction of sp³-hybridized carbons (Fsp3) is 0.783. The number of carbonyl (C=O) groups is 4. The Kier molecular flexibility index (Phi) is 13.9. The lowest BCUT2D eigenvalue weighted by Gasteiger charge is -2.27. The maximum absolute atomic E-state index is 13.0. The lowest BCUT2D eigenvalue weighted by Crippen LogP contribution is -2.56. The van der Waals surface area contributed by atoms with Crippen LogP contribution in [0.2, 0.25) is 0 Å². The molecule has 11 nitrogen and oxygen atoms in total. The van der Waals surface area contributed by atoms with Crippen molar-refractivity contribution in [1.82, 2.24) is 16.0 Å². The first kappa shape index (κ1) is 31.1. The molecule has 2 unspecified atom stereocenters. The van der Waals surface area contributed by atoms with Crippen LogP contribution in [0.3, 0.4) is 0 Å². The van der Waals surface area contributed by atoms with Gasteiger partial charge >= 0.3 is 6.09 Å². The largest absolute Gasteiger partial charge is 0.444 e. The van der Waals surface area contributed by atoms with Crippen molar-refractivity contribution in [1.29, 1.82) is 0 Å². The number of amides is 3. The number of rotatable bonds is 14. The van der Waals surface area contributed by atoms with Gasteiger partial charge in [0.1, 0.15) is 24.0 Å². The molecule has 0 spiro atoms. The molecule has 0 radical (unpaired) electrons. The van der Waals surface area contributed by atoms with E-state index in [1.165, 1.54) is 0 Å². The van der Waals surface area contributed by atoms with Crippen LogP contribution < -0.4 is 27.4 Å². The SMILES string of the molecule is CC(C)CC(NC(=O)[C@H](CC(C)C)NC(=O)OC(C)(C)C)C(=O)NC(C=O)CCCN=C(N)N. The van der Waals surface area contributed by atoms with Crippen molar-refractivity contribution in [3.63, 3.8) is 0 Å². The molecule has 0 saturated heterocycles. The third-order valence-corrected chi connectivity index (χ3v) is 4.51. The van der Waals surface area contributed by atoms with Crippen molar-refractivity contribution in [2.45, 2.75) is 97.9 Å². The van der Waals surface area contributed by atoms with Crippen molar-refractivity contribution in [2.75, 3.05) is 6.54 Å². The highest BCUT2D eigenvalue weighted by Crippen LogP contribution is 2.11. The molecule has 0 aromatic rings. The van der Waals surface area contributed by atoms with Gasteiger partial charge in [0, 0.05) is 6.54 Å². The van der Waals surface area contributed by atoms with Crippen molar-refractivity contribution in [3.05, 3.63) is 0 Å². The highest BCUT2D eigenvalue weighted by atomic mass is 16.6. The van der Waals surface area contributed by atoms with Gasteiger partial charge in [-0.05, 0) is 58.3 Å². The van der Waals surface area contributed by atoms with Crippen LogP contribution in [0.1, 0.15) is 74.1 Å². The molecule has 0 bridgehead atoms. The summed E-state index contributed by atoms with van der Waals surface area (Å²) in [5.41, 5.74) is 9.85. The fourth-order valence-corrected chi connectivity index (χ4v) is 3.10. The Labute approximate surface area is 203 Å². The van der Waals surface area contributed by atoms with Crippen molar-refractivity contribution < 1.29 is 23.9 Å². The third-order valence-electron chi connectivity index (χ3n) is 4.51. The number of aldehydes is 1. The molecule has 34 heavy (non-hydrogen) atoms. The number of carbonyl (C=O) groups excluding carboxylic acids is 4. The van der Waals surface area contributed by atoms with E-state index < -0.39 is 41.6 Å². The average molecular weight is 485 g/mol. The van der Waals surface area contributed by atoms with E-state index >= 15 is 0 Å². The molecule has 11 heteroatoms. The molecule has 0 aromatic carbocycles. The number of guanidine groups is 1. The smallest absolute Gasteiger partial charge is 0.408 e. The number of hydrogen-bond acceptors (Lipinski definition) is 6. The molecule has 196 valence electrons. The molecular formula is C23H44N6O5. The summed E-state index contributed by atoms with van der Waals surface area (Å²) in [6.07, 6.45) is 1.51. The highest BCUT2D eigenvalue weighted by molar-refractivity contribution is 5.92. The van der Waals surface area contributed by atoms with Crippen LogP contribution in [0.25, 0.3) is 0 Å². The average Bonchev–Trinajstić information content (AvgIpc) is 2.66. The van der Waals surface area contributed by atoms with Gasteiger partial charge in [-0.1, -0.05) is 27.7 Å². The second-order valence-corrected chi connectivity index (χ2v) is 10.2. The van der Waals surface area contributed by atoms with Crippen molar-refractivity contribution in [3.8, 4) is 0 Å². The van der Waals surface area contributed by atoms with E-state index in [1.54, 1.807) is 20.8 Å². The molecule has 0 aliphatic carbocycles. The first-order valence-electron chi connectivity index (χ1n) is 11.8. The van der Waals surface area contributed by atoms with Crippen LogP contribution in [0, 0.1) is 11.8 Å². The first-order valence-corrected chi connectivity index (χ1v) is 11.8. The van der Waals surface area contributed by atoms with Gasteiger partial charge in [-0.3, -0.25) is 14.6 Å². The summed E-state index contributed by atoms with van der Waals surface area (Å²) < 4.78 is 5.27. The van der Waals surface area contributed by atoms with Crippen LogP contribution >= 0.6 is 0 Å². The van der Waals surface area contributed by atoms with Gasteiger partial charge in [-0.25, -0.2) is 4.79 Å². The predicted molar refractivity (Wildman–Crippen MR) is 132 cm³/mol. The molecule has 7 N–H and O–H groups in total. The molecule has 0 aliphatic rings. The standard InChI is InChI=1S/C23H44N6O5/c1-14(2)11-17(19(31)27-16(13-30)9-8-10-26-21(24)25)28-20(32)18(12-15(3)4)29-22(33)34-23(5,6)7/h13-18H,8-12H2,1-7H3,(H,27,31)(H,28,32)(H,29,33)(H4,24,25,26)/t16?,17?,18-/m0/s1. The third kappa shape index (κ3) is 15.1. The quantitative estimate of drug-likeness (QED) is 0.106. The molecule has 0 aromatic heterocycles. The zero-order valence-corrected chi connectivity index (χ0v) is 21.6. The van der Waals surface area contributed by atoms with Gasteiger partial charge in [0.15, 0.2) is 5.96 Å². The summed E-state index contributed by atoms with van der Waals surface area (Å²) in [6, 6.07) is -2.49. The van der Waals surface area contributed by atoms with Crippen LogP contribution in [-0.2, 0) is 19.1 Å². The Morgan fingerprint density at radius 3 is 1.85 bits per heavy atom. The van der Waals surface area contributed by atoms with E-state index in [1.807, 2.05) is 27.7 Å². The number of nitrogens with two attached hydrogens (primary N) is 2. The summed E-state index contributed by atoms with van der Waals surface area (Å²) in [5.74, 6) is -0.803. The number of alkyl carbamates (subject to hydrolysis) is 1. The fourth-order valence-electron chi connectivity index (χ4n) is 3.10. The molecule has 0 heterocycles. The highest BCUT2D eigenvalue weighted by Gasteiger charge is 2.30. The molecule has 0 aliphatic heterocycles. The molecule has 0 saturated carbocycles. The van der Waals surface area contributed by atoms with Crippen LogP contribution in [0.15, 0.2) is 4.99 Å². The lowest BCUT2D eigenvalue weighted by molar-refractivity contribution is -0.131. The normalized spacial score (nSPS) is 14.0. The molecule has 3 amide bonds. The maximum atomic E-state index is 13.0. The molecule has 0 rings (SSSR count). The number of nitrogens with one attached hydrogen (secondary N) is 3. The molecular weight excluding hydrogens is 440 g/mol. The van der Waals surface area contributed by atoms with Crippen LogP contribution in [0.5, 0.6) is 0 Å². The second kappa shape index (κ2) is 15.1. The summed E-state index contributed by atoms with van der Waals surface area (Å²) >= 11 is 0. The Morgan fingerprint density at radius 2 is 1.41 bits per heavy atom. The van der Waals surface area contributed by atoms with Gasteiger partial charge in [0.05, 0.1) is 6.04 Å². The first-order chi connectivity index (χ1) is 15.6. The predicted octanol–water partition coefficient (Wildman–Crippen LogP) is 1.19. The van der Waals surface area contributed by atoms with E-state index in [0.717, 1.165) is 0 Å². The number of hydrogen-bond donors (Lipinski definition) is 5. The van der Waals surface area contributed by atoms with Gasteiger partial charge in [0.25, 0.3) is 0 Å². The maximum Gasteiger partial charge on any atom is 0.408 e. The van der Waals surface area contributed by atoms with Crippen LogP contribution in [-0.4, -0.2) is 60.4 Å². The van der Waals surface area contributed by atoms with Gasteiger partial charge < -0.3 is 36.9 Å². The van der Waals surface area contributed by atoms with E-state index in [0.29, 0.717) is 38.5 Å². The summed E-state index contributed by atoms with van der Waals surface area (Å²) in [6.45, 7) is 13.2. The second-order valence-electron chi connectivity index (χ2n) is 10.2. The van der Waals surface area contributed by atoms with Crippen molar-refractivity contribution >= 4 is 30.2 Å². The van der Waals surface area contributed by atoms with Gasteiger partial charge in [-0.15, -0.1) is 0 Å². The van der Waals surface area contributed by atoms with E-state index in [-0.39, 0.29) is 17.8 Å². The summed E-state index contributed by atoms with van der Waals surface area (Å²) in [4.78, 5) is 53.5. The molecule has 3 atom stereocenters. The number of aliphatic imine (C=N–C) groups is 1. The monoisotopic (exact) mass is 484 g/mol. The van der Waals surface area contributed by atoms with E-state index in [4.69, 9.17) is 16.2 Å². The lowest BCUT2D eigenvalue weighted by atomic mass is 10.00. The summed E-state index contributed by atoms with van der Waals surface area (Å²) in [5, 5.41) is 8.02. The Balaban J connectivity index is 5.30. The van der Waals surface area contributed by atoms with E-state index in [2.05, 4.69) is 20.9 Å². The minimum atomic E-state index is -0.876. The summed E-state index contributed by atoms with van der Waals surface area (Å²) in [7, 11) is 0. The zero-order valence-electron chi connectivity index (χ0n) is 21.6.